The van der Waals surface area contributed by atoms with Crippen LogP contribution in [0.15, 0.2) is 0 Å². The Morgan fingerprint density at radius 1 is 1.27 bits per heavy atom. The number of ether oxygens (including phenoxy) is 2. The molecule has 0 aromatic rings. The number of carbonyl (C=O) groups excluding carboxylic acids is 3. The van der Waals surface area contributed by atoms with Crippen LogP contribution in [-0.2, 0) is 23.9 Å². The lowest BCUT2D eigenvalue weighted by molar-refractivity contribution is -0.142. The molecule has 0 aromatic heterocycles. The van der Waals surface area contributed by atoms with E-state index in [2.05, 4.69) is 10.2 Å². The molecular formula is C18H29BN4O7. The van der Waals surface area contributed by atoms with Crippen molar-refractivity contribution in [2.75, 3.05) is 32.8 Å². The first-order valence-electron chi connectivity index (χ1n) is 10.2. The molecule has 0 aliphatic carbocycles. The average Bonchev–Trinajstić information content (AvgIpc) is 2.83. The predicted octanol–water partition coefficient (Wildman–Crippen LogP) is 0.344. The molecule has 1 N–H and O–H groups in total. The van der Waals surface area contributed by atoms with Gasteiger partial charge in [-0.15, -0.1) is 0 Å². The number of nitrogens with zero attached hydrogens (tertiary/aromatic N) is 3. The van der Waals surface area contributed by atoms with Crippen molar-refractivity contribution >= 4 is 26.1 Å². The van der Waals surface area contributed by atoms with Gasteiger partial charge in [0, 0.05) is 19.7 Å². The number of rotatable bonds is 5. The van der Waals surface area contributed by atoms with Gasteiger partial charge in [0.25, 0.3) is 5.91 Å². The molecule has 3 rings (SSSR count). The summed E-state index contributed by atoms with van der Waals surface area (Å²) >= 11 is 0. The Labute approximate surface area is 177 Å². The van der Waals surface area contributed by atoms with Crippen molar-refractivity contribution in [2.24, 2.45) is 0 Å². The Kier molecular flexibility index (Phi) is 7.09. The molecule has 0 aromatic carbocycles. The molecule has 2 bridgehead atoms. The summed E-state index contributed by atoms with van der Waals surface area (Å²) in [5, 5.41) is 1.10. The summed E-state index contributed by atoms with van der Waals surface area (Å²) in [4.78, 5) is 45.5. The van der Waals surface area contributed by atoms with Gasteiger partial charge in [0.05, 0.1) is 12.6 Å². The molecule has 3 heterocycles. The van der Waals surface area contributed by atoms with Gasteiger partial charge in [-0.2, -0.15) is 0 Å². The molecule has 2 radical (unpaired) electrons. The van der Waals surface area contributed by atoms with Crippen LogP contribution in [0.2, 0.25) is 0 Å². The number of piperidine rings is 1. The first kappa shape index (κ1) is 22.6. The highest BCUT2D eigenvalue weighted by Crippen LogP contribution is 2.29. The molecule has 3 aliphatic heterocycles. The van der Waals surface area contributed by atoms with Gasteiger partial charge in [-0.05, 0) is 40.0 Å². The van der Waals surface area contributed by atoms with Crippen molar-refractivity contribution < 1.29 is 33.5 Å². The lowest BCUT2D eigenvalue weighted by Crippen LogP contribution is -2.50. The van der Waals surface area contributed by atoms with Crippen LogP contribution in [0.4, 0.5) is 9.59 Å². The van der Waals surface area contributed by atoms with E-state index in [0.29, 0.717) is 45.5 Å². The van der Waals surface area contributed by atoms with Gasteiger partial charge in [-0.3, -0.25) is 9.63 Å². The first-order valence-corrected chi connectivity index (χ1v) is 10.2. The Morgan fingerprint density at radius 3 is 2.73 bits per heavy atom. The molecule has 166 valence electrons. The third-order valence-corrected chi connectivity index (χ3v) is 5.18. The molecule has 4 amide bonds. The molecule has 30 heavy (non-hydrogen) atoms. The van der Waals surface area contributed by atoms with Crippen LogP contribution >= 0.6 is 0 Å². The number of amides is 4. The highest BCUT2D eigenvalue weighted by atomic mass is 16.7. The van der Waals surface area contributed by atoms with Crippen LogP contribution in [0, 0.1) is 0 Å². The third-order valence-electron chi connectivity index (χ3n) is 5.18. The molecule has 3 fully saturated rings. The molecule has 3 saturated heterocycles. The van der Waals surface area contributed by atoms with Gasteiger partial charge in [-0.1, -0.05) is 0 Å². The lowest BCUT2D eigenvalue weighted by atomic mass is 10.0. The standard InChI is InChI=1S/C18H29BN4O7/c1-18(2,3)29-17(26)21-7-4-8-27-13(10-21)11-28-20-15(24)14-6-5-12-9-22(14)16(25)23(12)30-19/h12-14H,4-11H2,1-3H3,(H,20,24). The molecule has 3 unspecified atom stereocenters. The van der Waals surface area contributed by atoms with Gasteiger partial charge < -0.3 is 24.0 Å². The van der Waals surface area contributed by atoms with Crippen LogP contribution in [0.1, 0.15) is 40.0 Å². The molecule has 0 spiro atoms. The second kappa shape index (κ2) is 9.40. The van der Waals surface area contributed by atoms with E-state index < -0.39 is 35.8 Å². The zero-order valence-electron chi connectivity index (χ0n) is 17.7. The van der Waals surface area contributed by atoms with Crippen molar-refractivity contribution in [3.63, 3.8) is 0 Å². The number of fused-ring (bicyclic) bond motifs is 2. The highest BCUT2D eigenvalue weighted by molar-refractivity contribution is 5.99. The fourth-order valence-electron chi connectivity index (χ4n) is 3.80. The first-order chi connectivity index (χ1) is 14.2. The van der Waals surface area contributed by atoms with Gasteiger partial charge in [0.15, 0.2) is 0 Å². The van der Waals surface area contributed by atoms with Crippen molar-refractivity contribution in [3.8, 4) is 0 Å². The van der Waals surface area contributed by atoms with Crippen molar-refractivity contribution in [1.29, 1.82) is 0 Å². The van der Waals surface area contributed by atoms with Crippen molar-refractivity contribution in [2.45, 2.75) is 63.8 Å². The minimum absolute atomic E-state index is 0.0619. The fraction of sp³-hybridized carbons (Fsp3) is 0.833. The normalized spacial score (nSPS) is 27.1. The number of hydrogen-bond donors (Lipinski definition) is 1. The number of nitrogens with one attached hydrogen (secondary N) is 1. The predicted molar refractivity (Wildman–Crippen MR) is 104 cm³/mol. The summed E-state index contributed by atoms with van der Waals surface area (Å²) in [5.41, 5.74) is 1.82. The van der Waals surface area contributed by atoms with Crippen LogP contribution in [-0.4, -0.2) is 97.6 Å². The van der Waals surface area contributed by atoms with E-state index in [0.717, 1.165) is 5.06 Å². The summed E-state index contributed by atoms with van der Waals surface area (Å²) < 4.78 is 15.7. The van der Waals surface area contributed by atoms with E-state index in [4.69, 9.17) is 22.4 Å². The second-order valence-corrected chi connectivity index (χ2v) is 8.66. The lowest BCUT2D eigenvalue weighted by Gasteiger charge is -2.29. The molecule has 11 nitrogen and oxygen atoms in total. The van der Waals surface area contributed by atoms with Crippen LogP contribution in [0.5, 0.6) is 0 Å². The van der Waals surface area contributed by atoms with Crippen molar-refractivity contribution in [3.05, 3.63) is 0 Å². The van der Waals surface area contributed by atoms with Gasteiger partial charge in [0.1, 0.15) is 24.4 Å². The van der Waals surface area contributed by atoms with E-state index in [-0.39, 0.29) is 12.6 Å². The fourth-order valence-corrected chi connectivity index (χ4v) is 3.80. The summed E-state index contributed by atoms with van der Waals surface area (Å²) in [6, 6.07) is -1.23. The molecule has 0 saturated carbocycles. The largest absolute Gasteiger partial charge is 0.444 e. The van der Waals surface area contributed by atoms with Crippen LogP contribution < -0.4 is 5.48 Å². The maximum atomic E-state index is 12.5. The smallest absolute Gasteiger partial charge is 0.410 e. The third kappa shape index (κ3) is 5.35. The van der Waals surface area contributed by atoms with Crippen LogP contribution in [0.3, 0.4) is 0 Å². The van der Waals surface area contributed by atoms with Crippen molar-refractivity contribution in [1.82, 2.24) is 20.3 Å². The summed E-state index contributed by atoms with van der Waals surface area (Å²) in [5.74, 6) is -0.418. The molecule has 3 aliphatic rings. The van der Waals surface area contributed by atoms with Gasteiger partial charge in [-0.25, -0.2) is 20.1 Å². The average molecular weight is 424 g/mol. The molecule has 3 atom stereocenters. The topological polar surface area (TPSA) is 110 Å². The molecule has 12 heteroatoms. The van der Waals surface area contributed by atoms with E-state index in [1.54, 1.807) is 4.90 Å². The Morgan fingerprint density at radius 2 is 2.03 bits per heavy atom. The maximum absolute atomic E-state index is 12.5. The Balaban J connectivity index is 1.46. The quantitative estimate of drug-likeness (QED) is 0.501. The number of hydrogen-bond acceptors (Lipinski definition) is 7. The number of hydroxylamine groups is 3. The number of urea groups is 1. The van der Waals surface area contributed by atoms with E-state index in [1.165, 1.54) is 4.90 Å². The summed E-state index contributed by atoms with van der Waals surface area (Å²) in [7, 11) is 5.15. The Bertz CT molecular complexity index is 659. The minimum Gasteiger partial charge on any atom is -0.444 e. The minimum atomic E-state index is -0.651. The molecular weight excluding hydrogens is 395 g/mol. The second-order valence-electron chi connectivity index (χ2n) is 8.66. The zero-order chi connectivity index (χ0) is 21.9. The van der Waals surface area contributed by atoms with E-state index >= 15 is 0 Å². The zero-order valence-corrected chi connectivity index (χ0v) is 17.7. The summed E-state index contributed by atoms with van der Waals surface area (Å²) in [6.45, 7) is 7.17. The SMILES string of the molecule is [B]ON1C(=O)N2CC1CCC2C(=O)NOCC1CN(C(=O)OC(C)(C)C)CCCO1. The monoisotopic (exact) mass is 424 g/mol. The van der Waals surface area contributed by atoms with Gasteiger partial charge >= 0.3 is 20.2 Å². The highest BCUT2D eigenvalue weighted by Gasteiger charge is 2.47. The summed E-state index contributed by atoms with van der Waals surface area (Å²) in [6.07, 6.45) is 0.956. The van der Waals surface area contributed by atoms with Gasteiger partial charge in [0.2, 0.25) is 0 Å². The maximum Gasteiger partial charge on any atom is 0.410 e. The van der Waals surface area contributed by atoms with E-state index in [9.17, 15) is 14.4 Å². The van der Waals surface area contributed by atoms with E-state index in [1.807, 2.05) is 20.8 Å². The Hall–Kier alpha value is -2.05. The number of carbonyl (C=O) groups is 3. The van der Waals surface area contributed by atoms with Crippen LogP contribution in [0.25, 0.3) is 0 Å².